The zero-order chi connectivity index (χ0) is 10.7. The summed E-state index contributed by atoms with van der Waals surface area (Å²) < 4.78 is 18.3. The molecule has 4 nitrogen and oxygen atoms in total. The summed E-state index contributed by atoms with van der Waals surface area (Å²) in [4.78, 5) is 3.99. The Morgan fingerprint density at radius 3 is 3.00 bits per heavy atom. The molecule has 0 amide bonds. The highest BCUT2D eigenvalue weighted by Gasteiger charge is 2.09. The van der Waals surface area contributed by atoms with Gasteiger partial charge in [-0.25, -0.2) is 9.37 Å². The van der Waals surface area contributed by atoms with E-state index in [9.17, 15) is 4.39 Å². The first-order valence-corrected chi connectivity index (χ1v) is 4.59. The smallest absolute Gasteiger partial charge is 0.159 e. The fraction of sp³-hybridized carbons (Fsp3) is 0.200. The summed E-state index contributed by atoms with van der Waals surface area (Å²) in [7, 11) is 0. The molecule has 15 heavy (non-hydrogen) atoms. The van der Waals surface area contributed by atoms with Crippen LogP contribution in [-0.4, -0.2) is 21.8 Å². The fourth-order valence-electron chi connectivity index (χ4n) is 1.30. The standard InChI is InChI=1S/C10H10FN3O/c1-2-15-9-5-7(11)3-4-8(9)10-12-6-13-14-10/h3-6H,2H2,1H3,(H,12,13,14). The molecule has 78 valence electrons. The zero-order valence-electron chi connectivity index (χ0n) is 8.20. The first kappa shape index (κ1) is 9.64. The van der Waals surface area contributed by atoms with Crippen LogP contribution < -0.4 is 4.74 Å². The first-order chi connectivity index (χ1) is 7.31. The molecule has 0 bridgehead atoms. The third-order valence-corrected chi connectivity index (χ3v) is 1.91. The number of hydrogen-bond acceptors (Lipinski definition) is 3. The third kappa shape index (κ3) is 1.96. The van der Waals surface area contributed by atoms with Crippen LogP contribution >= 0.6 is 0 Å². The van der Waals surface area contributed by atoms with Gasteiger partial charge in [-0.3, -0.25) is 5.10 Å². The van der Waals surface area contributed by atoms with Gasteiger partial charge >= 0.3 is 0 Å². The summed E-state index contributed by atoms with van der Waals surface area (Å²) in [5.41, 5.74) is 0.704. The highest BCUT2D eigenvalue weighted by Crippen LogP contribution is 2.27. The van der Waals surface area contributed by atoms with Crippen LogP contribution in [0.3, 0.4) is 0 Å². The van der Waals surface area contributed by atoms with E-state index in [1.807, 2.05) is 6.92 Å². The molecule has 0 atom stereocenters. The average molecular weight is 207 g/mol. The molecular weight excluding hydrogens is 197 g/mol. The van der Waals surface area contributed by atoms with Crippen LogP contribution in [0.5, 0.6) is 5.75 Å². The third-order valence-electron chi connectivity index (χ3n) is 1.91. The Hall–Kier alpha value is -1.91. The monoisotopic (exact) mass is 207 g/mol. The van der Waals surface area contributed by atoms with Crippen LogP contribution in [0.4, 0.5) is 4.39 Å². The topological polar surface area (TPSA) is 50.8 Å². The molecule has 1 aromatic carbocycles. The second-order valence-corrected chi connectivity index (χ2v) is 2.91. The van der Waals surface area contributed by atoms with E-state index in [2.05, 4.69) is 15.2 Å². The van der Waals surface area contributed by atoms with Gasteiger partial charge in [0.2, 0.25) is 0 Å². The largest absolute Gasteiger partial charge is 0.493 e. The molecule has 1 heterocycles. The van der Waals surface area contributed by atoms with E-state index in [1.165, 1.54) is 18.5 Å². The predicted molar refractivity (Wildman–Crippen MR) is 52.9 cm³/mol. The van der Waals surface area contributed by atoms with Gasteiger partial charge in [0.05, 0.1) is 12.2 Å². The predicted octanol–water partition coefficient (Wildman–Crippen LogP) is 2.01. The fourth-order valence-corrected chi connectivity index (χ4v) is 1.30. The molecule has 0 spiro atoms. The van der Waals surface area contributed by atoms with Crippen molar-refractivity contribution in [2.24, 2.45) is 0 Å². The normalized spacial score (nSPS) is 10.3. The Kier molecular flexibility index (Phi) is 2.62. The van der Waals surface area contributed by atoms with E-state index in [0.717, 1.165) is 0 Å². The van der Waals surface area contributed by atoms with Gasteiger partial charge < -0.3 is 4.74 Å². The van der Waals surface area contributed by atoms with E-state index in [-0.39, 0.29) is 5.82 Å². The summed E-state index contributed by atoms with van der Waals surface area (Å²) in [5, 5.41) is 6.44. The molecule has 0 saturated heterocycles. The maximum Gasteiger partial charge on any atom is 0.159 e. The Morgan fingerprint density at radius 2 is 2.33 bits per heavy atom. The van der Waals surface area contributed by atoms with Gasteiger partial charge in [0.15, 0.2) is 5.82 Å². The van der Waals surface area contributed by atoms with E-state index >= 15 is 0 Å². The van der Waals surface area contributed by atoms with Crippen LogP contribution in [0, 0.1) is 5.82 Å². The molecule has 0 aliphatic rings. The number of benzene rings is 1. The number of halogens is 1. The molecule has 0 unspecified atom stereocenters. The Morgan fingerprint density at radius 1 is 1.47 bits per heavy atom. The number of aromatic amines is 1. The molecular formula is C10H10FN3O. The minimum absolute atomic E-state index is 0.332. The van der Waals surface area contributed by atoms with Crippen molar-refractivity contribution >= 4 is 0 Å². The van der Waals surface area contributed by atoms with Gasteiger partial charge in [0.25, 0.3) is 0 Å². The highest BCUT2D eigenvalue weighted by atomic mass is 19.1. The summed E-state index contributed by atoms with van der Waals surface area (Å²) in [6.45, 7) is 2.32. The molecule has 5 heteroatoms. The lowest BCUT2D eigenvalue weighted by Crippen LogP contribution is -1.95. The summed E-state index contributed by atoms with van der Waals surface area (Å²) in [6, 6.07) is 4.31. The van der Waals surface area contributed by atoms with Crippen molar-refractivity contribution in [3.63, 3.8) is 0 Å². The molecule has 0 radical (unpaired) electrons. The zero-order valence-corrected chi connectivity index (χ0v) is 8.20. The summed E-state index contributed by atoms with van der Waals surface area (Å²) in [5.74, 6) is 0.703. The van der Waals surface area contributed by atoms with Gasteiger partial charge in [-0.05, 0) is 19.1 Å². The molecule has 2 aromatic rings. The number of rotatable bonds is 3. The van der Waals surface area contributed by atoms with Crippen molar-refractivity contribution in [2.45, 2.75) is 6.92 Å². The van der Waals surface area contributed by atoms with Gasteiger partial charge in [-0.1, -0.05) is 0 Å². The maximum atomic E-state index is 13.0. The molecule has 0 aliphatic heterocycles. The van der Waals surface area contributed by atoms with Crippen LogP contribution in [-0.2, 0) is 0 Å². The van der Waals surface area contributed by atoms with E-state index < -0.39 is 0 Å². The van der Waals surface area contributed by atoms with E-state index in [4.69, 9.17) is 4.74 Å². The highest BCUT2D eigenvalue weighted by molar-refractivity contribution is 5.63. The molecule has 0 aliphatic carbocycles. The number of hydrogen-bond donors (Lipinski definition) is 1. The van der Waals surface area contributed by atoms with Crippen LogP contribution in [0.25, 0.3) is 11.4 Å². The molecule has 0 fully saturated rings. The Bertz CT molecular complexity index is 442. The van der Waals surface area contributed by atoms with Crippen molar-refractivity contribution in [2.75, 3.05) is 6.61 Å². The lowest BCUT2D eigenvalue weighted by molar-refractivity contribution is 0.339. The lowest BCUT2D eigenvalue weighted by atomic mass is 10.2. The number of nitrogens with zero attached hydrogens (tertiary/aromatic N) is 2. The molecule has 1 aromatic heterocycles. The lowest BCUT2D eigenvalue weighted by Gasteiger charge is -2.07. The van der Waals surface area contributed by atoms with Crippen molar-refractivity contribution in [1.82, 2.24) is 15.2 Å². The van der Waals surface area contributed by atoms with Crippen molar-refractivity contribution in [3.05, 3.63) is 30.3 Å². The quantitative estimate of drug-likeness (QED) is 0.837. The van der Waals surface area contributed by atoms with Crippen LogP contribution in [0.15, 0.2) is 24.5 Å². The number of ether oxygens (including phenoxy) is 1. The van der Waals surface area contributed by atoms with E-state index in [1.54, 1.807) is 6.07 Å². The second-order valence-electron chi connectivity index (χ2n) is 2.91. The Labute approximate surface area is 86.1 Å². The number of nitrogens with one attached hydrogen (secondary N) is 1. The summed E-state index contributed by atoms with van der Waals surface area (Å²) in [6.07, 6.45) is 1.40. The van der Waals surface area contributed by atoms with Gasteiger partial charge in [-0.15, -0.1) is 0 Å². The van der Waals surface area contributed by atoms with Crippen molar-refractivity contribution in [1.29, 1.82) is 0 Å². The van der Waals surface area contributed by atoms with Crippen molar-refractivity contribution in [3.8, 4) is 17.1 Å². The maximum absolute atomic E-state index is 13.0. The second kappa shape index (κ2) is 4.08. The molecule has 0 saturated carbocycles. The minimum atomic E-state index is -0.332. The van der Waals surface area contributed by atoms with Gasteiger partial charge in [-0.2, -0.15) is 5.10 Å². The van der Waals surface area contributed by atoms with Crippen molar-refractivity contribution < 1.29 is 9.13 Å². The average Bonchev–Trinajstić information content (AvgIpc) is 2.71. The SMILES string of the molecule is CCOc1cc(F)ccc1-c1ncn[nH]1. The van der Waals surface area contributed by atoms with Gasteiger partial charge in [0, 0.05) is 6.07 Å². The minimum Gasteiger partial charge on any atom is -0.493 e. The molecule has 1 N–H and O–H groups in total. The Balaban J connectivity index is 2.46. The van der Waals surface area contributed by atoms with E-state index in [0.29, 0.717) is 23.7 Å². The van der Waals surface area contributed by atoms with Gasteiger partial charge in [0.1, 0.15) is 17.9 Å². The first-order valence-electron chi connectivity index (χ1n) is 4.59. The van der Waals surface area contributed by atoms with Crippen LogP contribution in [0.2, 0.25) is 0 Å². The number of H-pyrrole nitrogens is 1. The molecule has 2 rings (SSSR count). The number of aromatic nitrogens is 3. The summed E-state index contributed by atoms with van der Waals surface area (Å²) >= 11 is 0. The van der Waals surface area contributed by atoms with Crippen LogP contribution in [0.1, 0.15) is 6.92 Å².